The molecule has 1 unspecified atom stereocenters. The van der Waals surface area contributed by atoms with Crippen LogP contribution in [0, 0.1) is 0 Å². The van der Waals surface area contributed by atoms with Crippen LogP contribution in [0.2, 0.25) is 5.02 Å². The highest BCUT2D eigenvalue weighted by atomic mass is 79.9. The van der Waals surface area contributed by atoms with Gasteiger partial charge in [-0.15, -0.1) is 0 Å². The van der Waals surface area contributed by atoms with Crippen molar-refractivity contribution in [3.63, 3.8) is 0 Å². The Bertz CT molecular complexity index is 504. The minimum Gasteiger partial charge on any atom is -0.368 e. The summed E-state index contributed by atoms with van der Waals surface area (Å²) in [4.78, 5) is 14.1. The van der Waals surface area contributed by atoms with Gasteiger partial charge in [0.25, 0.3) is 0 Å². The number of carbonyl (C=O) groups excluding carboxylic acids is 1. The van der Waals surface area contributed by atoms with Crippen LogP contribution in [0.4, 0.5) is 0 Å². The van der Waals surface area contributed by atoms with E-state index >= 15 is 0 Å². The molecule has 0 bridgehead atoms. The van der Waals surface area contributed by atoms with Gasteiger partial charge in [0.05, 0.1) is 0 Å². The molecule has 0 radical (unpaired) electrons. The summed E-state index contributed by atoms with van der Waals surface area (Å²) in [5.74, 6) is -0.480. The molecule has 102 valence electrons. The maximum Gasteiger partial charge on any atom is 0.239 e. The van der Waals surface area contributed by atoms with Crippen LogP contribution in [-0.2, 0) is 4.79 Å². The van der Waals surface area contributed by atoms with Gasteiger partial charge in [-0.05, 0) is 36.2 Å². The molecule has 0 aliphatic carbocycles. The quantitative estimate of drug-likeness (QED) is 0.343. The van der Waals surface area contributed by atoms with Crippen molar-refractivity contribution < 1.29 is 4.79 Å². The molecule has 19 heavy (non-hydrogen) atoms. The van der Waals surface area contributed by atoms with E-state index in [0.717, 1.165) is 5.56 Å². The average molecular weight is 347 g/mol. The van der Waals surface area contributed by atoms with Gasteiger partial charge in [-0.2, -0.15) is 0 Å². The molecule has 1 aromatic rings. The van der Waals surface area contributed by atoms with E-state index in [0.29, 0.717) is 29.0 Å². The maximum atomic E-state index is 11.5. The van der Waals surface area contributed by atoms with Gasteiger partial charge in [-0.3, -0.25) is 4.79 Å². The Hall–Kier alpha value is -1.27. The molecule has 1 aromatic carbocycles. The van der Waals surface area contributed by atoms with Crippen molar-refractivity contribution in [1.29, 1.82) is 0 Å². The zero-order valence-electron chi connectivity index (χ0n) is 10.0. The maximum absolute atomic E-state index is 11.5. The Balaban J connectivity index is 2.71. The van der Waals surface area contributed by atoms with Gasteiger partial charge in [0.1, 0.15) is 6.04 Å². The molecule has 1 rings (SSSR count). The SMILES string of the molecule is [N-]=[N+]=NCCCNC(C(N)=O)c1ccc(Cl)cc1Br. The molecule has 8 heteroatoms. The number of nitrogens with two attached hydrogens (primary N) is 1. The number of amides is 1. The molecule has 6 nitrogen and oxygen atoms in total. The summed E-state index contributed by atoms with van der Waals surface area (Å²) in [5.41, 5.74) is 14.3. The smallest absolute Gasteiger partial charge is 0.239 e. The van der Waals surface area contributed by atoms with Gasteiger partial charge < -0.3 is 11.1 Å². The summed E-state index contributed by atoms with van der Waals surface area (Å²) in [6.45, 7) is 0.887. The van der Waals surface area contributed by atoms with Crippen LogP contribution in [0.1, 0.15) is 18.0 Å². The van der Waals surface area contributed by atoms with E-state index in [9.17, 15) is 4.79 Å². The molecule has 0 heterocycles. The number of carbonyl (C=O) groups is 1. The van der Waals surface area contributed by atoms with Gasteiger partial charge in [-0.1, -0.05) is 38.7 Å². The topological polar surface area (TPSA) is 104 Å². The summed E-state index contributed by atoms with van der Waals surface area (Å²) >= 11 is 9.20. The molecule has 1 amide bonds. The fourth-order valence-electron chi connectivity index (χ4n) is 1.54. The van der Waals surface area contributed by atoms with Gasteiger partial charge in [0.2, 0.25) is 5.91 Å². The van der Waals surface area contributed by atoms with Crippen molar-refractivity contribution >= 4 is 33.4 Å². The van der Waals surface area contributed by atoms with Crippen LogP contribution in [0.15, 0.2) is 27.8 Å². The van der Waals surface area contributed by atoms with Crippen molar-refractivity contribution in [3.8, 4) is 0 Å². The Labute approximate surface area is 124 Å². The second-order valence-electron chi connectivity index (χ2n) is 3.76. The largest absolute Gasteiger partial charge is 0.368 e. The first-order chi connectivity index (χ1) is 9.06. The van der Waals surface area contributed by atoms with Crippen molar-refractivity contribution in [3.05, 3.63) is 43.7 Å². The lowest BCUT2D eigenvalue weighted by Crippen LogP contribution is -2.34. The first-order valence-electron chi connectivity index (χ1n) is 5.54. The summed E-state index contributed by atoms with van der Waals surface area (Å²) in [5, 5.41) is 7.01. The number of benzene rings is 1. The Kier molecular flexibility index (Phi) is 6.66. The van der Waals surface area contributed by atoms with E-state index in [4.69, 9.17) is 22.9 Å². The second-order valence-corrected chi connectivity index (χ2v) is 5.05. The predicted octanol–water partition coefficient (Wildman–Crippen LogP) is 2.92. The first-order valence-corrected chi connectivity index (χ1v) is 6.72. The second kappa shape index (κ2) is 8.01. The number of primary amides is 1. The number of hydrogen-bond donors (Lipinski definition) is 2. The van der Waals surface area contributed by atoms with Crippen LogP contribution in [0.25, 0.3) is 10.4 Å². The van der Waals surface area contributed by atoms with Crippen molar-refractivity contribution in [2.45, 2.75) is 12.5 Å². The first kappa shape index (κ1) is 15.8. The fourth-order valence-corrected chi connectivity index (χ4v) is 2.45. The molecule has 0 fully saturated rings. The van der Waals surface area contributed by atoms with E-state index in [1.807, 2.05) is 0 Å². The highest BCUT2D eigenvalue weighted by Crippen LogP contribution is 2.26. The van der Waals surface area contributed by atoms with Crippen LogP contribution in [0.3, 0.4) is 0 Å². The third-order valence-electron chi connectivity index (χ3n) is 2.40. The lowest BCUT2D eigenvalue weighted by molar-refractivity contribution is -0.120. The van der Waals surface area contributed by atoms with Crippen molar-refractivity contribution in [2.24, 2.45) is 10.8 Å². The molecule has 3 N–H and O–H groups in total. The van der Waals surface area contributed by atoms with E-state index < -0.39 is 11.9 Å². The van der Waals surface area contributed by atoms with E-state index in [1.54, 1.807) is 18.2 Å². The van der Waals surface area contributed by atoms with Gasteiger partial charge in [-0.25, -0.2) is 0 Å². The summed E-state index contributed by atoms with van der Waals surface area (Å²) in [6, 6.07) is 4.52. The molecular weight excluding hydrogens is 334 g/mol. The van der Waals surface area contributed by atoms with Crippen LogP contribution >= 0.6 is 27.5 Å². The number of hydrogen-bond acceptors (Lipinski definition) is 3. The monoisotopic (exact) mass is 345 g/mol. The summed E-state index contributed by atoms with van der Waals surface area (Å²) in [7, 11) is 0. The van der Waals surface area contributed by atoms with Crippen molar-refractivity contribution in [1.82, 2.24) is 5.32 Å². The van der Waals surface area contributed by atoms with Crippen molar-refractivity contribution in [2.75, 3.05) is 13.1 Å². The summed E-state index contributed by atoms with van der Waals surface area (Å²) in [6.07, 6.45) is 0.624. The number of nitrogens with one attached hydrogen (secondary N) is 1. The molecule has 0 aliphatic rings. The number of azide groups is 1. The lowest BCUT2D eigenvalue weighted by Gasteiger charge is -2.17. The normalized spacial score (nSPS) is 11.7. The average Bonchev–Trinajstić information content (AvgIpc) is 2.35. The Morgan fingerprint density at radius 1 is 1.63 bits per heavy atom. The van der Waals surface area contributed by atoms with Gasteiger partial charge in [0, 0.05) is 21.0 Å². The van der Waals surface area contributed by atoms with E-state index in [-0.39, 0.29) is 0 Å². The Morgan fingerprint density at radius 2 is 2.37 bits per heavy atom. The third-order valence-corrected chi connectivity index (χ3v) is 3.33. The molecule has 0 aliphatic heterocycles. The molecule has 0 aromatic heterocycles. The third kappa shape index (κ3) is 5.08. The minimum absolute atomic E-state index is 0.372. The zero-order valence-corrected chi connectivity index (χ0v) is 12.4. The molecule has 0 saturated carbocycles. The van der Waals surface area contributed by atoms with Gasteiger partial charge >= 0.3 is 0 Å². The van der Waals surface area contributed by atoms with E-state index in [2.05, 4.69) is 31.3 Å². The highest BCUT2D eigenvalue weighted by Gasteiger charge is 2.19. The van der Waals surface area contributed by atoms with E-state index in [1.165, 1.54) is 0 Å². The van der Waals surface area contributed by atoms with Crippen LogP contribution < -0.4 is 11.1 Å². The summed E-state index contributed by atoms with van der Waals surface area (Å²) < 4.78 is 0.714. The number of halogens is 2. The van der Waals surface area contributed by atoms with Crippen LogP contribution in [0.5, 0.6) is 0 Å². The standard InChI is InChI=1S/C11H13BrClN5O/c12-9-6-7(13)2-3-8(9)10(11(14)19)16-4-1-5-17-18-15/h2-3,6,10,16H,1,4-5H2,(H2,14,19). The number of rotatable bonds is 7. The molecule has 0 saturated heterocycles. The zero-order chi connectivity index (χ0) is 14.3. The van der Waals surface area contributed by atoms with Gasteiger partial charge in [0.15, 0.2) is 0 Å². The fraction of sp³-hybridized carbons (Fsp3) is 0.364. The minimum atomic E-state index is -0.613. The lowest BCUT2D eigenvalue weighted by atomic mass is 10.1. The number of nitrogens with zero attached hydrogens (tertiary/aromatic N) is 3. The van der Waals surface area contributed by atoms with Crippen LogP contribution in [-0.4, -0.2) is 19.0 Å². The molecule has 1 atom stereocenters. The molecular formula is C11H13BrClN5O. The molecule has 0 spiro atoms. The highest BCUT2D eigenvalue weighted by molar-refractivity contribution is 9.10. The predicted molar refractivity (Wildman–Crippen MR) is 77.7 cm³/mol. The Morgan fingerprint density at radius 3 is 2.95 bits per heavy atom.